The second-order valence-corrected chi connectivity index (χ2v) is 7.61. The van der Waals surface area contributed by atoms with Crippen LogP contribution in [0.2, 0.25) is 0 Å². The number of rotatable bonds is 5. The van der Waals surface area contributed by atoms with Gasteiger partial charge in [-0.25, -0.2) is 13.2 Å². The third kappa shape index (κ3) is 3.40. The van der Waals surface area contributed by atoms with Gasteiger partial charge in [-0.3, -0.25) is 0 Å². The molecular formula is C15H19N5O3S. The first kappa shape index (κ1) is 16.4. The van der Waals surface area contributed by atoms with Crippen LogP contribution in [0.4, 0.5) is 4.79 Å². The van der Waals surface area contributed by atoms with Crippen molar-refractivity contribution in [2.75, 3.05) is 12.3 Å². The lowest BCUT2D eigenvalue weighted by molar-refractivity contribution is 0.240. The SMILES string of the molecule is CCn1ncc(CNC(=O)NCC2CS(=O)(=O)c3ccccc32)n1. The van der Waals surface area contributed by atoms with Gasteiger partial charge >= 0.3 is 6.03 Å². The maximum Gasteiger partial charge on any atom is 0.315 e. The molecule has 2 N–H and O–H groups in total. The minimum absolute atomic E-state index is 0.0253. The zero-order valence-corrected chi connectivity index (χ0v) is 14.1. The Morgan fingerprint density at radius 1 is 1.33 bits per heavy atom. The topological polar surface area (TPSA) is 106 Å². The molecule has 0 fully saturated rings. The molecule has 8 nitrogen and oxygen atoms in total. The molecule has 0 saturated carbocycles. The molecule has 24 heavy (non-hydrogen) atoms. The number of hydrogen-bond donors (Lipinski definition) is 2. The fourth-order valence-corrected chi connectivity index (χ4v) is 4.62. The number of aromatic nitrogens is 3. The monoisotopic (exact) mass is 349 g/mol. The van der Waals surface area contributed by atoms with Crippen molar-refractivity contribution >= 4 is 15.9 Å². The van der Waals surface area contributed by atoms with Crippen LogP contribution in [-0.4, -0.2) is 41.7 Å². The Hall–Kier alpha value is -2.42. The molecule has 1 atom stereocenters. The highest BCUT2D eigenvalue weighted by Gasteiger charge is 2.34. The Balaban J connectivity index is 1.54. The van der Waals surface area contributed by atoms with E-state index in [9.17, 15) is 13.2 Å². The summed E-state index contributed by atoms with van der Waals surface area (Å²) in [5, 5.41) is 13.6. The largest absolute Gasteiger partial charge is 0.338 e. The molecule has 3 rings (SSSR count). The predicted octanol–water partition coefficient (Wildman–Crippen LogP) is 0.668. The summed E-state index contributed by atoms with van der Waals surface area (Å²) >= 11 is 0. The third-order valence-electron chi connectivity index (χ3n) is 3.92. The first-order chi connectivity index (χ1) is 11.5. The molecule has 1 aliphatic heterocycles. The van der Waals surface area contributed by atoms with Crippen molar-refractivity contribution in [3.8, 4) is 0 Å². The lowest BCUT2D eigenvalue weighted by atomic mass is 10.0. The highest BCUT2D eigenvalue weighted by Crippen LogP contribution is 2.34. The summed E-state index contributed by atoms with van der Waals surface area (Å²) in [4.78, 5) is 13.8. The number of sulfone groups is 1. The normalized spacial score (nSPS) is 18.1. The number of carbonyl (C=O) groups excluding carboxylic acids is 1. The van der Waals surface area contributed by atoms with Gasteiger partial charge in [0.2, 0.25) is 0 Å². The molecule has 0 aliphatic carbocycles. The Labute approximate surface area is 140 Å². The van der Waals surface area contributed by atoms with Gasteiger partial charge in [0.05, 0.1) is 29.9 Å². The third-order valence-corrected chi connectivity index (χ3v) is 5.80. The Bertz CT molecular complexity index is 846. The van der Waals surface area contributed by atoms with Gasteiger partial charge in [0, 0.05) is 12.5 Å². The fourth-order valence-electron chi connectivity index (χ4n) is 2.73. The van der Waals surface area contributed by atoms with Gasteiger partial charge < -0.3 is 10.6 Å². The van der Waals surface area contributed by atoms with Crippen molar-refractivity contribution in [3.63, 3.8) is 0 Å². The summed E-state index contributed by atoms with van der Waals surface area (Å²) < 4.78 is 24.2. The van der Waals surface area contributed by atoms with Crippen LogP contribution in [0, 0.1) is 0 Å². The van der Waals surface area contributed by atoms with E-state index in [0.717, 1.165) is 5.56 Å². The lowest BCUT2D eigenvalue weighted by Gasteiger charge is -2.12. The molecule has 0 saturated heterocycles. The van der Waals surface area contributed by atoms with E-state index >= 15 is 0 Å². The molecule has 2 heterocycles. The number of benzene rings is 1. The van der Waals surface area contributed by atoms with Crippen molar-refractivity contribution in [3.05, 3.63) is 41.7 Å². The average Bonchev–Trinajstić information content (AvgIpc) is 3.14. The molecule has 1 unspecified atom stereocenters. The summed E-state index contributed by atoms with van der Waals surface area (Å²) in [6, 6.07) is 6.57. The van der Waals surface area contributed by atoms with E-state index in [2.05, 4.69) is 20.8 Å². The van der Waals surface area contributed by atoms with Gasteiger partial charge in [-0.2, -0.15) is 15.0 Å². The van der Waals surface area contributed by atoms with E-state index in [1.807, 2.05) is 13.0 Å². The number of urea groups is 1. The standard InChI is InChI=1S/C15H19N5O3S/c1-2-20-18-9-12(19-20)8-17-15(21)16-7-11-10-24(22,23)14-6-4-3-5-13(11)14/h3-6,9,11H,2,7-8,10H2,1H3,(H2,16,17,21). The van der Waals surface area contributed by atoms with Crippen LogP contribution in [-0.2, 0) is 22.9 Å². The molecule has 0 radical (unpaired) electrons. The fraction of sp³-hybridized carbons (Fsp3) is 0.400. The second-order valence-electron chi connectivity index (χ2n) is 5.60. The van der Waals surface area contributed by atoms with Crippen molar-refractivity contribution in [2.45, 2.75) is 30.8 Å². The van der Waals surface area contributed by atoms with Crippen LogP contribution < -0.4 is 10.6 Å². The Morgan fingerprint density at radius 2 is 2.12 bits per heavy atom. The maximum absolute atomic E-state index is 12.1. The van der Waals surface area contributed by atoms with Crippen LogP contribution in [0.3, 0.4) is 0 Å². The van der Waals surface area contributed by atoms with Crippen LogP contribution in [0.5, 0.6) is 0 Å². The van der Waals surface area contributed by atoms with Gasteiger partial charge in [-0.15, -0.1) is 0 Å². The second kappa shape index (κ2) is 6.60. The minimum Gasteiger partial charge on any atom is -0.338 e. The molecule has 1 aromatic heterocycles. The number of aryl methyl sites for hydroxylation is 1. The van der Waals surface area contributed by atoms with Gasteiger partial charge in [0.25, 0.3) is 0 Å². The Kier molecular flexibility index (Phi) is 4.52. The van der Waals surface area contributed by atoms with E-state index < -0.39 is 9.84 Å². The number of fused-ring (bicyclic) bond motifs is 1. The zero-order valence-electron chi connectivity index (χ0n) is 13.3. The number of hydrogen-bond acceptors (Lipinski definition) is 5. The molecule has 0 bridgehead atoms. The highest BCUT2D eigenvalue weighted by atomic mass is 32.2. The predicted molar refractivity (Wildman–Crippen MR) is 87.2 cm³/mol. The number of amides is 2. The van der Waals surface area contributed by atoms with Crippen LogP contribution in [0.15, 0.2) is 35.4 Å². The van der Waals surface area contributed by atoms with Gasteiger partial charge in [-0.05, 0) is 18.6 Å². The van der Waals surface area contributed by atoms with E-state index in [4.69, 9.17) is 0 Å². The molecule has 9 heteroatoms. The van der Waals surface area contributed by atoms with E-state index in [0.29, 0.717) is 17.1 Å². The maximum atomic E-state index is 12.1. The van der Waals surface area contributed by atoms with Crippen LogP contribution >= 0.6 is 0 Å². The lowest BCUT2D eigenvalue weighted by Crippen LogP contribution is -2.37. The number of carbonyl (C=O) groups is 1. The van der Waals surface area contributed by atoms with E-state index in [1.54, 1.807) is 24.4 Å². The van der Waals surface area contributed by atoms with Crippen molar-refractivity contribution < 1.29 is 13.2 Å². The zero-order chi connectivity index (χ0) is 17.2. The first-order valence-electron chi connectivity index (χ1n) is 7.72. The molecule has 2 aromatic rings. The number of nitrogens with one attached hydrogen (secondary N) is 2. The summed E-state index contributed by atoms with van der Waals surface area (Å²) in [5.41, 5.74) is 1.43. The minimum atomic E-state index is -3.25. The first-order valence-corrected chi connectivity index (χ1v) is 9.37. The summed E-state index contributed by atoms with van der Waals surface area (Å²) in [7, 11) is -3.25. The molecule has 1 aliphatic rings. The molecule has 128 valence electrons. The molecule has 1 aromatic carbocycles. The van der Waals surface area contributed by atoms with Crippen LogP contribution in [0.1, 0.15) is 24.1 Å². The summed E-state index contributed by atoms with van der Waals surface area (Å²) in [6.45, 7) is 3.13. The van der Waals surface area contributed by atoms with Gasteiger partial charge in [-0.1, -0.05) is 18.2 Å². The van der Waals surface area contributed by atoms with Crippen molar-refractivity contribution in [2.24, 2.45) is 0 Å². The quantitative estimate of drug-likeness (QED) is 0.825. The van der Waals surface area contributed by atoms with Gasteiger partial charge in [0.1, 0.15) is 5.69 Å². The van der Waals surface area contributed by atoms with Crippen LogP contribution in [0.25, 0.3) is 0 Å². The molecule has 0 spiro atoms. The van der Waals surface area contributed by atoms with E-state index in [1.165, 1.54) is 4.80 Å². The summed E-state index contributed by atoms with van der Waals surface area (Å²) in [6.07, 6.45) is 1.60. The number of nitrogens with zero attached hydrogens (tertiary/aromatic N) is 3. The van der Waals surface area contributed by atoms with Crippen molar-refractivity contribution in [1.82, 2.24) is 25.6 Å². The molecular weight excluding hydrogens is 330 g/mol. The smallest absolute Gasteiger partial charge is 0.315 e. The highest BCUT2D eigenvalue weighted by molar-refractivity contribution is 7.91. The van der Waals surface area contributed by atoms with E-state index in [-0.39, 0.29) is 30.8 Å². The molecule has 2 amide bonds. The van der Waals surface area contributed by atoms with Gasteiger partial charge in [0.15, 0.2) is 9.84 Å². The Morgan fingerprint density at radius 3 is 2.88 bits per heavy atom. The van der Waals surface area contributed by atoms with Crippen molar-refractivity contribution in [1.29, 1.82) is 0 Å². The summed E-state index contributed by atoms with van der Waals surface area (Å²) in [5.74, 6) is -0.199. The average molecular weight is 349 g/mol.